The smallest absolute Gasteiger partial charge is 0.174 e. The normalized spacial score (nSPS) is 48.4. The second-order valence-electron chi connectivity index (χ2n) is 10.5. The molecule has 6 aliphatic rings. The third-order valence-electron chi connectivity index (χ3n) is 9.42. The minimum absolute atomic E-state index is 0.0466. The van der Waals surface area contributed by atoms with Crippen LogP contribution in [0.3, 0.4) is 0 Å². The zero-order valence-electron chi connectivity index (χ0n) is 17.1. The van der Waals surface area contributed by atoms with Crippen molar-refractivity contribution in [3.05, 3.63) is 11.6 Å². The molecular weight excluding hydrogens is 356 g/mol. The van der Waals surface area contributed by atoms with Crippen LogP contribution in [-0.4, -0.2) is 43.8 Å². The van der Waals surface area contributed by atoms with Gasteiger partial charge in [0.15, 0.2) is 11.6 Å². The Hall–Kier alpha value is -0.750. The summed E-state index contributed by atoms with van der Waals surface area (Å²) in [7, 11) is 0. The second kappa shape index (κ2) is 5.69. The largest absolute Gasteiger partial charge is 0.347 e. The highest BCUT2D eigenvalue weighted by Gasteiger charge is 2.69. The first kappa shape index (κ1) is 18.1. The van der Waals surface area contributed by atoms with E-state index in [1.165, 1.54) is 5.57 Å². The Morgan fingerprint density at radius 3 is 2.39 bits per heavy atom. The van der Waals surface area contributed by atoms with Crippen LogP contribution >= 0.6 is 0 Å². The van der Waals surface area contributed by atoms with Crippen molar-refractivity contribution in [1.82, 2.24) is 0 Å². The number of rotatable bonds is 0. The van der Waals surface area contributed by atoms with Crippen molar-refractivity contribution in [1.29, 1.82) is 0 Å². The van der Waals surface area contributed by atoms with E-state index >= 15 is 0 Å². The molecule has 28 heavy (non-hydrogen) atoms. The fourth-order valence-corrected chi connectivity index (χ4v) is 8.06. The number of Topliss-reactive ketones (excluding diaryl/α,β-unsaturated/α-hetero) is 1. The summed E-state index contributed by atoms with van der Waals surface area (Å²) in [4.78, 5) is 13.7. The molecule has 0 unspecified atom stereocenters. The highest BCUT2D eigenvalue weighted by molar-refractivity contribution is 5.85. The molecule has 4 aliphatic carbocycles. The van der Waals surface area contributed by atoms with E-state index in [0.717, 1.165) is 38.5 Å². The number of carbonyl (C=O) groups excluding carboxylic acids is 1. The lowest BCUT2D eigenvalue weighted by Gasteiger charge is -2.58. The zero-order chi connectivity index (χ0) is 19.2. The topological polar surface area (TPSA) is 54.0 Å². The molecule has 0 radical (unpaired) electrons. The summed E-state index contributed by atoms with van der Waals surface area (Å²) in [6.45, 7) is 7.31. The predicted molar refractivity (Wildman–Crippen MR) is 101 cm³/mol. The summed E-state index contributed by atoms with van der Waals surface area (Å²) < 4.78 is 24.4. The Morgan fingerprint density at radius 1 is 0.929 bits per heavy atom. The average Bonchev–Trinajstić information content (AvgIpc) is 3.38. The molecule has 5 atom stereocenters. The van der Waals surface area contributed by atoms with E-state index in [9.17, 15) is 4.79 Å². The third-order valence-corrected chi connectivity index (χ3v) is 9.42. The lowest BCUT2D eigenvalue weighted by molar-refractivity contribution is -0.239. The number of carbonyl (C=O) groups is 1. The van der Waals surface area contributed by atoms with E-state index < -0.39 is 11.6 Å². The Labute approximate surface area is 167 Å². The quantitative estimate of drug-likeness (QED) is 0.594. The molecule has 0 aromatic rings. The SMILES string of the molecule is C[C@]12CC(=O)[C@@H]3[C@H](CC=C4CC5(CC[C@]43C)OCCO5)[C@H]1CCC21OCCO1. The maximum absolute atomic E-state index is 13.7. The van der Waals surface area contributed by atoms with Gasteiger partial charge in [-0.05, 0) is 36.5 Å². The number of hydrogen-bond acceptors (Lipinski definition) is 5. The number of hydrogen-bond donors (Lipinski definition) is 0. The molecule has 2 aliphatic heterocycles. The molecule has 0 amide bonds. The molecule has 3 saturated carbocycles. The van der Waals surface area contributed by atoms with Gasteiger partial charge in [-0.25, -0.2) is 0 Å². The summed E-state index contributed by atoms with van der Waals surface area (Å²) in [5.74, 6) is 0.519. The summed E-state index contributed by atoms with van der Waals surface area (Å²) in [6, 6.07) is 0. The van der Waals surface area contributed by atoms with Crippen LogP contribution in [0.25, 0.3) is 0 Å². The van der Waals surface area contributed by atoms with E-state index in [0.29, 0.717) is 50.5 Å². The fourth-order valence-electron chi connectivity index (χ4n) is 8.06. The maximum atomic E-state index is 13.7. The highest BCUT2D eigenvalue weighted by Crippen LogP contribution is 2.68. The monoisotopic (exact) mass is 388 g/mol. The fraction of sp³-hybridized carbons (Fsp3) is 0.870. The van der Waals surface area contributed by atoms with Crippen LogP contribution in [0.2, 0.25) is 0 Å². The molecule has 0 N–H and O–H groups in total. The number of ether oxygens (including phenoxy) is 4. The zero-order valence-corrected chi connectivity index (χ0v) is 17.1. The molecule has 0 aromatic heterocycles. The van der Waals surface area contributed by atoms with Crippen molar-refractivity contribution >= 4 is 5.78 Å². The van der Waals surface area contributed by atoms with Crippen molar-refractivity contribution in [3.63, 3.8) is 0 Å². The van der Waals surface area contributed by atoms with Crippen LogP contribution in [-0.2, 0) is 23.7 Å². The third kappa shape index (κ3) is 2.09. The highest BCUT2D eigenvalue weighted by atomic mass is 16.7. The van der Waals surface area contributed by atoms with Gasteiger partial charge in [-0.1, -0.05) is 25.5 Å². The van der Waals surface area contributed by atoms with Gasteiger partial charge in [0, 0.05) is 37.0 Å². The van der Waals surface area contributed by atoms with E-state index in [2.05, 4.69) is 19.9 Å². The molecule has 154 valence electrons. The van der Waals surface area contributed by atoms with Gasteiger partial charge in [0.25, 0.3) is 0 Å². The Morgan fingerprint density at radius 2 is 1.64 bits per heavy atom. The van der Waals surface area contributed by atoms with Crippen LogP contribution in [0.5, 0.6) is 0 Å². The van der Waals surface area contributed by atoms with Crippen LogP contribution in [0, 0.1) is 28.6 Å². The summed E-state index contributed by atoms with van der Waals surface area (Å²) in [5.41, 5.74) is 1.17. The number of allylic oxidation sites excluding steroid dienone is 1. The van der Waals surface area contributed by atoms with Gasteiger partial charge in [0.1, 0.15) is 5.78 Å². The van der Waals surface area contributed by atoms with E-state index in [-0.39, 0.29) is 16.7 Å². The van der Waals surface area contributed by atoms with Gasteiger partial charge in [-0.2, -0.15) is 0 Å². The van der Waals surface area contributed by atoms with Gasteiger partial charge in [0.2, 0.25) is 0 Å². The van der Waals surface area contributed by atoms with Gasteiger partial charge in [0.05, 0.1) is 26.4 Å². The maximum Gasteiger partial charge on any atom is 0.174 e. The predicted octanol–water partition coefficient (Wildman–Crippen LogP) is 3.61. The van der Waals surface area contributed by atoms with E-state index in [4.69, 9.17) is 18.9 Å². The van der Waals surface area contributed by atoms with Crippen molar-refractivity contribution < 1.29 is 23.7 Å². The standard InChI is InChI=1S/C23H32O5/c1-20-7-8-22(25-9-10-26-22)13-15(20)3-4-16-17-5-6-23(27-11-12-28-23)21(17,2)14-18(24)19(16)20/h3,16-17,19H,4-14H2,1-2H3/t16-,17-,19+,20-,21+/m1/s1. The van der Waals surface area contributed by atoms with Gasteiger partial charge >= 0.3 is 0 Å². The number of ketones is 1. The van der Waals surface area contributed by atoms with Crippen molar-refractivity contribution in [3.8, 4) is 0 Å². The summed E-state index contributed by atoms with van der Waals surface area (Å²) in [5, 5.41) is 0. The first-order valence-electron chi connectivity index (χ1n) is 11.2. The second-order valence-corrected chi connectivity index (χ2v) is 10.5. The first-order valence-corrected chi connectivity index (χ1v) is 11.2. The molecule has 5 nitrogen and oxygen atoms in total. The summed E-state index contributed by atoms with van der Waals surface area (Å²) in [6.07, 6.45) is 8.78. The number of fused-ring (bicyclic) bond motifs is 6. The Bertz CT molecular complexity index is 731. The molecule has 0 aromatic carbocycles. The molecule has 5 heteroatoms. The van der Waals surface area contributed by atoms with Crippen molar-refractivity contribution in [2.24, 2.45) is 28.6 Å². The van der Waals surface area contributed by atoms with Gasteiger partial charge < -0.3 is 18.9 Å². The van der Waals surface area contributed by atoms with Gasteiger partial charge in [-0.3, -0.25) is 4.79 Å². The van der Waals surface area contributed by atoms with Crippen LogP contribution in [0.1, 0.15) is 58.8 Å². The Kier molecular flexibility index (Phi) is 3.67. The van der Waals surface area contributed by atoms with Crippen molar-refractivity contribution in [2.45, 2.75) is 70.4 Å². The minimum Gasteiger partial charge on any atom is -0.347 e. The van der Waals surface area contributed by atoms with Gasteiger partial charge in [-0.15, -0.1) is 0 Å². The lowest BCUT2D eigenvalue weighted by atomic mass is 9.47. The molecule has 2 spiro atoms. The van der Waals surface area contributed by atoms with E-state index in [1.54, 1.807) is 0 Å². The molecular formula is C23H32O5. The average molecular weight is 389 g/mol. The first-order chi connectivity index (χ1) is 13.4. The molecule has 2 heterocycles. The molecule has 0 bridgehead atoms. The van der Waals surface area contributed by atoms with Crippen LogP contribution in [0.4, 0.5) is 0 Å². The molecule has 5 fully saturated rings. The Balaban J connectivity index is 1.36. The van der Waals surface area contributed by atoms with Crippen LogP contribution < -0.4 is 0 Å². The molecule has 6 rings (SSSR count). The van der Waals surface area contributed by atoms with E-state index in [1.807, 2.05) is 0 Å². The van der Waals surface area contributed by atoms with Crippen molar-refractivity contribution in [2.75, 3.05) is 26.4 Å². The summed E-state index contributed by atoms with van der Waals surface area (Å²) >= 11 is 0. The lowest BCUT2D eigenvalue weighted by Crippen LogP contribution is -2.59. The molecule has 2 saturated heterocycles. The minimum atomic E-state index is -0.522. The van der Waals surface area contributed by atoms with Crippen LogP contribution in [0.15, 0.2) is 11.6 Å².